The number of hydrogen-bond acceptors (Lipinski definition) is 5. The summed E-state index contributed by atoms with van der Waals surface area (Å²) in [5.74, 6) is 0.194. The minimum Gasteiger partial charge on any atom is -0.339 e. The zero-order valence-electron chi connectivity index (χ0n) is 14.0. The smallest absolute Gasteiger partial charge is 0.273 e. The quantitative estimate of drug-likeness (QED) is 0.809. The fraction of sp³-hybridized carbons (Fsp3) is 0.500. The van der Waals surface area contributed by atoms with E-state index >= 15 is 0 Å². The molecule has 25 heavy (non-hydrogen) atoms. The molecular weight excluding hydrogens is 354 g/mol. The number of aromatic nitrogens is 1. The highest BCUT2D eigenvalue weighted by atomic mass is 32.1. The van der Waals surface area contributed by atoms with Crippen LogP contribution >= 0.6 is 22.7 Å². The Balaban J connectivity index is 1.40. The molecule has 2 fully saturated rings. The summed E-state index contributed by atoms with van der Waals surface area (Å²) in [7, 11) is 0. The van der Waals surface area contributed by atoms with E-state index in [1.165, 1.54) is 11.3 Å². The van der Waals surface area contributed by atoms with Gasteiger partial charge in [-0.25, -0.2) is 4.98 Å². The fourth-order valence-corrected chi connectivity index (χ4v) is 5.18. The van der Waals surface area contributed by atoms with Crippen LogP contribution in [0.15, 0.2) is 27.7 Å². The van der Waals surface area contributed by atoms with Crippen molar-refractivity contribution in [1.29, 1.82) is 0 Å². The van der Waals surface area contributed by atoms with Gasteiger partial charge in [0.2, 0.25) is 0 Å². The third-order valence-corrected chi connectivity index (χ3v) is 6.75. The van der Waals surface area contributed by atoms with Gasteiger partial charge in [-0.05, 0) is 42.5 Å². The van der Waals surface area contributed by atoms with Crippen molar-refractivity contribution in [3.8, 4) is 0 Å². The van der Waals surface area contributed by atoms with Crippen LogP contribution in [0.2, 0.25) is 0 Å². The third-order valence-electron chi connectivity index (χ3n) is 5.48. The van der Waals surface area contributed by atoms with Gasteiger partial charge < -0.3 is 9.80 Å². The Labute approximate surface area is 155 Å². The molecule has 7 heteroatoms. The third kappa shape index (κ3) is 3.35. The van der Waals surface area contributed by atoms with E-state index in [1.807, 2.05) is 32.0 Å². The highest BCUT2D eigenvalue weighted by Gasteiger charge is 2.40. The second kappa shape index (κ2) is 6.88. The molecule has 4 rings (SSSR count). The largest absolute Gasteiger partial charge is 0.339 e. The highest BCUT2D eigenvalue weighted by molar-refractivity contribution is 7.08. The van der Waals surface area contributed by atoms with Crippen LogP contribution in [0, 0.1) is 5.41 Å². The molecule has 2 amide bonds. The van der Waals surface area contributed by atoms with Crippen LogP contribution in [0.1, 0.15) is 46.5 Å². The first kappa shape index (κ1) is 16.7. The van der Waals surface area contributed by atoms with Crippen molar-refractivity contribution in [1.82, 2.24) is 14.8 Å². The van der Waals surface area contributed by atoms with Gasteiger partial charge in [-0.3, -0.25) is 9.59 Å². The summed E-state index contributed by atoms with van der Waals surface area (Å²) in [5, 5.41) is 5.69. The number of thiazole rings is 1. The Morgan fingerprint density at radius 2 is 1.84 bits per heavy atom. The van der Waals surface area contributed by atoms with Crippen LogP contribution in [-0.4, -0.2) is 52.8 Å². The van der Waals surface area contributed by atoms with Gasteiger partial charge in [-0.2, -0.15) is 11.3 Å². The number of likely N-dealkylation sites (tertiary alicyclic amines) is 2. The van der Waals surface area contributed by atoms with Gasteiger partial charge >= 0.3 is 0 Å². The lowest BCUT2D eigenvalue weighted by molar-refractivity contribution is 0.0199. The van der Waals surface area contributed by atoms with Gasteiger partial charge in [0.05, 0.1) is 11.1 Å². The van der Waals surface area contributed by atoms with E-state index in [0.717, 1.165) is 57.4 Å². The summed E-state index contributed by atoms with van der Waals surface area (Å²) in [4.78, 5) is 33.2. The Hall–Kier alpha value is -1.73. The van der Waals surface area contributed by atoms with Gasteiger partial charge in [0, 0.05) is 36.9 Å². The minimum atomic E-state index is 0.0529. The molecule has 2 aliphatic rings. The molecular formula is C18H21N3O2S2. The van der Waals surface area contributed by atoms with Crippen LogP contribution < -0.4 is 0 Å². The predicted octanol–water partition coefficient (Wildman–Crippen LogP) is 3.36. The van der Waals surface area contributed by atoms with Crippen LogP contribution in [0.4, 0.5) is 0 Å². The summed E-state index contributed by atoms with van der Waals surface area (Å²) < 4.78 is 0. The first-order valence-electron chi connectivity index (χ1n) is 8.66. The van der Waals surface area contributed by atoms with E-state index in [0.29, 0.717) is 5.69 Å². The number of carbonyl (C=O) groups is 2. The summed E-state index contributed by atoms with van der Waals surface area (Å²) >= 11 is 3.02. The molecule has 1 spiro atoms. The fourth-order valence-electron chi connectivity index (χ4n) is 4.02. The molecule has 0 radical (unpaired) electrons. The maximum absolute atomic E-state index is 12.6. The molecule has 132 valence electrons. The zero-order valence-corrected chi connectivity index (χ0v) is 15.7. The molecule has 0 aromatic carbocycles. The Bertz CT molecular complexity index is 734. The number of hydrogen-bond donors (Lipinski definition) is 0. The van der Waals surface area contributed by atoms with E-state index in [2.05, 4.69) is 4.98 Å². The summed E-state index contributed by atoms with van der Waals surface area (Å²) in [6.07, 6.45) is 4.14. The number of thiophene rings is 1. The maximum Gasteiger partial charge on any atom is 0.273 e. The molecule has 0 bridgehead atoms. The maximum atomic E-state index is 12.6. The van der Waals surface area contributed by atoms with Crippen molar-refractivity contribution in [3.05, 3.63) is 39.0 Å². The van der Waals surface area contributed by atoms with Crippen LogP contribution in [-0.2, 0) is 0 Å². The number of piperidine rings is 2. The molecule has 4 heterocycles. The second-order valence-corrected chi connectivity index (χ2v) is 8.51. The molecule has 5 nitrogen and oxygen atoms in total. The van der Waals surface area contributed by atoms with Gasteiger partial charge in [0.25, 0.3) is 11.8 Å². The van der Waals surface area contributed by atoms with E-state index < -0.39 is 0 Å². The molecule has 0 unspecified atom stereocenters. The van der Waals surface area contributed by atoms with Gasteiger partial charge in [0.15, 0.2) is 0 Å². The summed E-state index contributed by atoms with van der Waals surface area (Å²) in [6, 6.07) is 1.90. The molecule has 0 aliphatic carbocycles. The normalized spacial score (nSPS) is 20.0. The molecule has 0 saturated carbocycles. The van der Waals surface area contributed by atoms with Gasteiger partial charge in [-0.1, -0.05) is 0 Å². The lowest BCUT2D eigenvalue weighted by Crippen LogP contribution is -2.52. The molecule has 2 aromatic rings. The van der Waals surface area contributed by atoms with Crippen molar-refractivity contribution in [2.24, 2.45) is 5.41 Å². The van der Waals surface area contributed by atoms with E-state index in [-0.39, 0.29) is 17.2 Å². The Morgan fingerprint density at radius 3 is 2.52 bits per heavy atom. The van der Waals surface area contributed by atoms with Crippen molar-refractivity contribution >= 4 is 34.5 Å². The van der Waals surface area contributed by atoms with E-state index in [1.54, 1.807) is 16.8 Å². The van der Waals surface area contributed by atoms with Crippen molar-refractivity contribution < 1.29 is 9.59 Å². The molecule has 0 N–H and O–H groups in total. The lowest BCUT2D eigenvalue weighted by atomic mass is 9.72. The zero-order chi connectivity index (χ0) is 17.3. The van der Waals surface area contributed by atoms with Crippen LogP contribution in [0.5, 0.6) is 0 Å². The van der Waals surface area contributed by atoms with Gasteiger partial charge in [-0.15, -0.1) is 11.3 Å². The number of nitrogens with zero attached hydrogens (tertiary/aromatic N) is 3. The monoisotopic (exact) mass is 375 g/mol. The highest BCUT2D eigenvalue weighted by Crippen LogP contribution is 2.40. The SMILES string of the molecule is O=C(c1ccsc1)N1CCC2(CCCN(C(=O)c3cscn3)C2)CC1. The van der Waals surface area contributed by atoms with Gasteiger partial charge in [0.1, 0.15) is 5.69 Å². The topological polar surface area (TPSA) is 53.5 Å². The Kier molecular flexibility index (Phi) is 4.60. The number of rotatable bonds is 2. The molecule has 0 atom stereocenters. The molecule has 2 saturated heterocycles. The number of amides is 2. The summed E-state index contributed by atoms with van der Waals surface area (Å²) in [5.41, 5.74) is 3.23. The average Bonchev–Trinajstić information content (AvgIpc) is 3.35. The lowest BCUT2D eigenvalue weighted by Gasteiger charge is -2.47. The Morgan fingerprint density at radius 1 is 1.00 bits per heavy atom. The van der Waals surface area contributed by atoms with Crippen molar-refractivity contribution in [2.75, 3.05) is 26.2 Å². The number of carbonyl (C=O) groups excluding carboxylic acids is 2. The van der Waals surface area contributed by atoms with Crippen LogP contribution in [0.25, 0.3) is 0 Å². The van der Waals surface area contributed by atoms with E-state index in [9.17, 15) is 9.59 Å². The summed E-state index contributed by atoms with van der Waals surface area (Å²) in [6.45, 7) is 3.18. The molecule has 2 aliphatic heterocycles. The standard InChI is InChI=1S/C18H21N3O2S2/c22-16(14-2-9-24-10-14)20-7-4-18(5-8-20)3-1-6-21(12-18)17(23)15-11-25-13-19-15/h2,9-11,13H,1,3-8,12H2. The first-order valence-corrected chi connectivity index (χ1v) is 10.5. The minimum absolute atomic E-state index is 0.0529. The van der Waals surface area contributed by atoms with E-state index in [4.69, 9.17) is 0 Å². The van der Waals surface area contributed by atoms with Crippen molar-refractivity contribution in [3.63, 3.8) is 0 Å². The predicted molar refractivity (Wildman–Crippen MR) is 99.1 cm³/mol. The first-order chi connectivity index (χ1) is 12.2. The van der Waals surface area contributed by atoms with Crippen molar-refractivity contribution in [2.45, 2.75) is 25.7 Å². The van der Waals surface area contributed by atoms with Crippen LogP contribution in [0.3, 0.4) is 0 Å². The average molecular weight is 376 g/mol. The molecule has 2 aromatic heterocycles. The second-order valence-electron chi connectivity index (χ2n) is 7.01.